The third kappa shape index (κ3) is 2.35. The molecule has 72 valence electrons. The Morgan fingerprint density at radius 3 is 2.79 bits per heavy atom. The maximum Gasteiger partial charge on any atom is 0.326 e. The van der Waals surface area contributed by atoms with Gasteiger partial charge in [-0.15, -0.1) is 6.42 Å². The topological polar surface area (TPSA) is 94.8 Å². The lowest BCUT2D eigenvalue weighted by Crippen LogP contribution is -2.31. The molecule has 0 aliphatic rings. The van der Waals surface area contributed by atoms with E-state index in [4.69, 9.17) is 6.42 Å². The van der Waals surface area contributed by atoms with E-state index >= 15 is 0 Å². The van der Waals surface area contributed by atoms with E-state index in [1.807, 2.05) is 4.98 Å². The van der Waals surface area contributed by atoms with Gasteiger partial charge in [-0.2, -0.15) is 0 Å². The first-order valence-electron chi connectivity index (χ1n) is 3.69. The first-order chi connectivity index (χ1) is 6.63. The van der Waals surface area contributed by atoms with Gasteiger partial charge < -0.3 is 10.3 Å². The molecule has 0 aromatic carbocycles. The van der Waals surface area contributed by atoms with Crippen molar-refractivity contribution in [3.05, 3.63) is 32.6 Å². The molecule has 1 rings (SSSR count). The molecule has 1 amide bonds. The minimum Gasteiger partial charge on any atom is -0.340 e. The third-order valence-corrected chi connectivity index (χ3v) is 1.36. The van der Waals surface area contributed by atoms with Crippen LogP contribution in [-0.2, 0) is 0 Å². The normalized spacial score (nSPS) is 9.07. The summed E-state index contributed by atoms with van der Waals surface area (Å²) in [7, 11) is 0. The molecule has 0 aliphatic heterocycles. The number of hydrogen-bond donors (Lipinski definition) is 3. The number of aromatic nitrogens is 2. The van der Waals surface area contributed by atoms with Crippen molar-refractivity contribution in [1.29, 1.82) is 0 Å². The van der Waals surface area contributed by atoms with Crippen LogP contribution >= 0.6 is 0 Å². The first kappa shape index (κ1) is 9.80. The quantitative estimate of drug-likeness (QED) is 0.495. The summed E-state index contributed by atoms with van der Waals surface area (Å²) in [6.45, 7) is 0.0354. The van der Waals surface area contributed by atoms with Gasteiger partial charge in [0.15, 0.2) is 0 Å². The molecule has 0 radical (unpaired) electrons. The van der Waals surface area contributed by atoms with Crippen LogP contribution in [0.4, 0.5) is 0 Å². The number of carbonyl (C=O) groups excluding carboxylic acids is 1. The van der Waals surface area contributed by atoms with E-state index in [-0.39, 0.29) is 12.2 Å². The minimum atomic E-state index is -0.733. The van der Waals surface area contributed by atoms with Crippen LogP contribution in [0.1, 0.15) is 10.5 Å². The lowest BCUT2D eigenvalue weighted by atomic mass is 10.4. The lowest BCUT2D eigenvalue weighted by molar-refractivity contribution is 0.0953. The Balaban J connectivity index is 2.97. The van der Waals surface area contributed by atoms with E-state index in [0.717, 1.165) is 6.07 Å². The van der Waals surface area contributed by atoms with Gasteiger partial charge >= 0.3 is 5.69 Å². The van der Waals surface area contributed by atoms with Gasteiger partial charge in [0.2, 0.25) is 0 Å². The van der Waals surface area contributed by atoms with Gasteiger partial charge in [0.25, 0.3) is 11.5 Å². The largest absolute Gasteiger partial charge is 0.340 e. The number of hydrogen-bond acceptors (Lipinski definition) is 3. The zero-order valence-corrected chi connectivity index (χ0v) is 7.09. The van der Waals surface area contributed by atoms with Crippen molar-refractivity contribution in [2.24, 2.45) is 0 Å². The van der Waals surface area contributed by atoms with Crippen LogP contribution in [0.15, 0.2) is 15.7 Å². The van der Waals surface area contributed by atoms with Crippen molar-refractivity contribution in [3.8, 4) is 12.3 Å². The second-order valence-corrected chi connectivity index (χ2v) is 2.39. The molecule has 14 heavy (non-hydrogen) atoms. The Labute approximate surface area is 78.4 Å². The summed E-state index contributed by atoms with van der Waals surface area (Å²) in [4.78, 5) is 36.8. The second-order valence-electron chi connectivity index (χ2n) is 2.39. The van der Waals surface area contributed by atoms with Gasteiger partial charge in [-0.1, -0.05) is 5.92 Å². The second kappa shape index (κ2) is 4.09. The van der Waals surface area contributed by atoms with Crippen LogP contribution in [0.2, 0.25) is 0 Å². The van der Waals surface area contributed by atoms with Crippen molar-refractivity contribution in [2.45, 2.75) is 0 Å². The standard InChI is InChI=1S/C8H7N3O3/c1-2-3-9-7(13)5-4-6(12)11-8(14)10-5/h1,4H,3H2,(H,9,13)(H2,10,11,12,14). The molecule has 0 spiro atoms. The smallest absolute Gasteiger partial charge is 0.326 e. The number of carbonyl (C=O) groups is 1. The first-order valence-corrected chi connectivity index (χ1v) is 3.69. The SMILES string of the molecule is C#CCNC(=O)c1cc(=O)[nH]c(=O)[nH]1. The van der Waals surface area contributed by atoms with Crippen molar-refractivity contribution in [1.82, 2.24) is 15.3 Å². The molecule has 1 aromatic rings. The number of aromatic amines is 2. The van der Waals surface area contributed by atoms with E-state index in [1.165, 1.54) is 0 Å². The van der Waals surface area contributed by atoms with Crippen molar-refractivity contribution in [2.75, 3.05) is 6.54 Å². The van der Waals surface area contributed by atoms with Crippen LogP contribution in [-0.4, -0.2) is 22.4 Å². The fourth-order valence-electron chi connectivity index (χ4n) is 0.818. The van der Waals surface area contributed by atoms with Gasteiger partial charge in [0.05, 0.1) is 6.54 Å². The van der Waals surface area contributed by atoms with Gasteiger partial charge in [-0.3, -0.25) is 14.6 Å². The predicted octanol–water partition coefficient (Wildman–Crippen LogP) is -1.57. The maximum atomic E-state index is 11.2. The van der Waals surface area contributed by atoms with E-state index in [9.17, 15) is 14.4 Å². The van der Waals surface area contributed by atoms with Gasteiger partial charge in [-0.25, -0.2) is 4.79 Å². The van der Waals surface area contributed by atoms with Crippen LogP contribution in [0, 0.1) is 12.3 Å². The average Bonchev–Trinajstić information content (AvgIpc) is 2.12. The van der Waals surface area contributed by atoms with Crippen LogP contribution in [0.5, 0.6) is 0 Å². The molecule has 0 aliphatic carbocycles. The van der Waals surface area contributed by atoms with Crippen molar-refractivity contribution in [3.63, 3.8) is 0 Å². The fraction of sp³-hybridized carbons (Fsp3) is 0.125. The molecule has 3 N–H and O–H groups in total. The average molecular weight is 193 g/mol. The van der Waals surface area contributed by atoms with Gasteiger partial charge in [0.1, 0.15) is 5.69 Å². The molecule has 6 nitrogen and oxygen atoms in total. The molecule has 0 saturated heterocycles. The van der Waals surface area contributed by atoms with Crippen molar-refractivity contribution < 1.29 is 4.79 Å². The molecule has 0 fully saturated rings. The Kier molecular flexibility index (Phi) is 2.86. The molecule has 0 unspecified atom stereocenters. The summed E-state index contributed by atoms with van der Waals surface area (Å²) in [5, 5.41) is 2.31. The van der Waals surface area contributed by atoms with E-state index in [0.29, 0.717) is 0 Å². The van der Waals surface area contributed by atoms with Gasteiger partial charge in [-0.05, 0) is 0 Å². The molecule has 0 atom stereocenters. The number of rotatable bonds is 2. The van der Waals surface area contributed by atoms with Crippen LogP contribution in [0.25, 0.3) is 0 Å². The summed E-state index contributed by atoms with van der Waals surface area (Å²) in [6.07, 6.45) is 4.91. The lowest BCUT2D eigenvalue weighted by Gasteiger charge is -1.99. The number of H-pyrrole nitrogens is 2. The Morgan fingerprint density at radius 2 is 2.21 bits per heavy atom. The predicted molar refractivity (Wildman–Crippen MR) is 48.8 cm³/mol. The van der Waals surface area contributed by atoms with Gasteiger partial charge in [0, 0.05) is 6.07 Å². The Morgan fingerprint density at radius 1 is 1.50 bits per heavy atom. The summed E-state index contributed by atoms with van der Waals surface area (Å²) < 4.78 is 0. The highest BCUT2D eigenvalue weighted by molar-refractivity contribution is 5.92. The minimum absolute atomic E-state index is 0.0354. The molecule has 0 bridgehead atoms. The van der Waals surface area contributed by atoms with E-state index < -0.39 is 17.2 Å². The number of nitrogens with one attached hydrogen (secondary N) is 3. The zero-order chi connectivity index (χ0) is 10.6. The van der Waals surface area contributed by atoms with Crippen molar-refractivity contribution >= 4 is 5.91 Å². The van der Waals surface area contributed by atoms with E-state index in [2.05, 4.69) is 16.2 Å². The zero-order valence-electron chi connectivity index (χ0n) is 7.09. The molecule has 1 aromatic heterocycles. The summed E-state index contributed by atoms with van der Waals surface area (Å²) in [6, 6.07) is 0.979. The number of amides is 1. The summed E-state index contributed by atoms with van der Waals surface area (Å²) in [5.74, 6) is 1.60. The monoisotopic (exact) mass is 193 g/mol. The highest BCUT2D eigenvalue weighted by atomic mass is 16.2. The molecule has 1 heterocycles. The molecule has 6 heteroatoms. The maximum absolute atomic E-state index is 11.2. The molecule has 0 saturated carbocycles. The number of terminal acetylenes is 1. The van der Waals surface area contributed by atoms with Crippen LogP contribution < -0.4 is 16.6 Å². The highest BCUT2D eigenvalue weighted by Gasteiger charge is 2.05. The summed E-state index contributed by atoms with van der Waals surface area (Å²) >= 11 is 0. The summed E-state index contributed by atoms with van der Waals surface area (Å²) in [5.41, 5.74) is -1.49. The Hall–Kier alpha value is -2.29. The molecular weight excluding hydrogens is 186 g/mol. The molecular formula is C8H7N3O3. The van der Waals surface area contributed by atoms with E-state index in [1.54, 1.807) is 0 Å². The highest BCUT2D eigenvalue weighted by Crippen LogP contribution is 1.83. The fourth-order valence-corrected chi connectivity index (χ4v) is 0.818. The van der Waals surface area contributed by atoms with Crippen LogP contribution in [0.3, 0.4) is 0 Å². The Bertz CT molecular complexity index is 463. The third-order valence-electron chi connectivity index (χ3n) is 1.36.